The second kappa shape index (κ2) is 6.21. The summed E-state index contributed by atoms with van der Waals surface area (Å²) in [5.41, 5.74) is 4.14. The van der Waals surface area contributed by atoms with Gasteiger partial charge in [0.25, 0.3) is 0 Å². The van der Waals surface area contributed by atoms with E-state index in [1.54, 1.807) is 11.3 Å². The fourth-order valence-corrected chi connectivity index (χ4v) is 2.91. The van der Waals surface area contributed by atoms with Crippen molar-refractivity contribution < 1.29 is 4.79 Å². The fourth-order valence-electron chi connectivity index (χ4n) is 1.70. The topological polar surface area (TPSA) is 41.1 Å². The molecule has 3 nitrogen and oxygen atoms in total. The van der Waals surface area contributed by atoms with Gasteiger partial charge in [-0.3, -0.25) is 4.79 Å². The van der Waals surface area contributed by atoms with Crippen LogP contribution in [0.2, 0.25) is 0 Å². The highest BCUT2D eigenvalue weighted by molar-refractivity contribution is 9.11. The minimum Gasteiger partial charge on any atom is -0.381 e. The monoisotopic (exact) mass is 338 g/mol. The highest BCUT2D eigenvalue weighted by Crippen LogP contribution is 2.23. The van der Waals surface area contributed by atoms with Gasteiger partial charge in [0, 0.05) is 24.8 Å². The molecule has 100 valence electrons. The van der Waals surface area contributed by atoms with Crippen LogP contribution >= 0.6 is 27.3 Å². The molecule has 0 aliphatic heterocycles. The molecule has 0 bridgehead atoms. The molecule has 19 heavy (non-hydrogen) atoms. The van der Waals surface area contributed by atoms with Crippen LogP contribution in [-0.4, -0.2) is 5.91 Å². The molecule has 0 unspecified atom stereocenters. The third kappa shape index (κ3) is 4.08. The molecule has 1 amide bonds. The molecular formula is C14H15BrN2OS. The second-order valence-corrected chi connectivity index (χ2v) is 6.61. The van der Waals surface area contributed by atoms with Gasteiger partial charge in [-0.1, -0.05) is 6.07 Å². The van der Waals surface area contributed by atoms with Crippen LogP contribution in [0.3, 0.4) is 0 Å². The van der Waals surface area contributed by atoms with Gasteiger partial charge in [0.15, 0.2) is 0 Å². The van der Waals surface area contributed by atoms with Crippen molar-refractivity contribution in [2.24, 2.45) is 0 Å². The van der Waals surface area contributed by atoms with Gasteiger partial charge in [0.05, 0.1) is 3.79 Å². The average molecular weight is 339 g/mol. The summed E-state index contributed by atoms with van der Waals surface area (Å²) >= 11 is 5.12. The lowest BCUT2D eigenvalue weighted by Crippen LogP contribution is -2.08. The molecule has 2 N–H and O–H groups in total. The highest BCUT2D eigenvalue weighted by atomic mass is 79.9. The first kappa shape index (κ1) is 14.1. The molecule has 2 rings (SSSR count). The third-order valence-electron chi connectivity index (χ3n) is 2.67. The molecule has 0 fully saturated rings. The molecule has 0 saturated heterocycles. The normalized spacial score (nSPS) is 10.3. The van der Waals surface area contributed by atoms with Crippen LogP contribution in [-0.2, 0) is 11.3 Å². The summed E-state index contributed by atoms with van der Waals surface area (Å²) in [6, 6.07) is 8.07. The number of hydrogen-bond acceptors (Lipinski definition) is 3. The van der Waals surface area contributed by atoms with Crippen LogP contribution < -0.4 is 10.6 Å². The number of aryl methyl sites for hydroxylation is 1. The van der Waals surface area contributed by atoms with Crippen LogP contribution in [0.1, 0.15) is 18.1 Å². The molecule has 0 spiro atoms. The van der Waals surface area contributed by atoms with E-state index in [0.717, 1.165) is 27.3 Å². The van der Waals surface area contributed by atoms with Crippen molar-refractivity contribution in [1.82, 2.24) is 0 Å². The van der Waals surface area contributed by atoms with Gasteiger partial charge >= 0.3 is 0 Å². The molecule has 0 aliphatic carbocycles. The second-order valence-electron chi connectivity index (χ2n) is 4.32. The molecule has 0 radical (unpaired) electrons. The van der Waals surface area contributed by atoms with Gasteiger partial charge in [-0.15, -0.1) is 11.3 Å². The Morgan fingerprint density at radius 1 is 1.37 bits per heavy atom. The molecule has 0 aliphatic rings. The number of anilines is 2. The Hall–Kier alpha value is -1.33. The maximum Gasteiger partial charge on any atom is 0.221 e. The van der Waals surface area contributed by atoms with Crippen molar-refractivity contribution in [2.75, 3.05) is 10.6 Å². The molecule has 0 atom stereocenters. The Morgan fingerprint density at radius 2 is 2.16 bits per heavy atom. The Balaban J connectivity index is 2.06. The zero-order valence-electron chi connectivity index (χ0n) is 10.8. The van der Waals surface area contributed by atoms with Crippen molar-refractivity contribution in [3.63, 3.8) is 0 Å². The summed E-state index contributed by atoms with van der Waals surface area (Å²) in [6.45, 7) is 4.26. The SMILES string of the molecule is CC(=O)Nc1cc(NCc2csc(Br)c2)ccc1C. The summed E-state index contributed by atoms with van der Waals surface area (Å²) in [7, 11) is 0. The number of hydrogen-bond donors (Lipinski definition) is 2. The summed E-state index contributed by atoms with van der Waals surface area (Å²) in [5, 5.41) is 8.29. The quantitative estimate of drug-likeness (QED) is 0.867. The first-order chi connectivity index (χ1) is 9.04. The van der Waals surface area contributed by atoms with Crippen molar-refractivity contribution in [1.29, 1.82) is 0 Å². The predicted molar refractivity (Wildman–Crippen MR) is 84.8 cm³/mol. The molecule has 5 heteroatoms. The highest BCUT2D eigenvalue weighted by Gasteiger charge is 2.03. The molecular weight excluding hydrogens is 324 g/mol. The number of carbonyl (C=O) groups is 1. The number of nitrogens with one attached hydrogen (secondary N) is 2. The summed E-state index contributed by atoms with van der Waals surface area (Å²) in [5.74, 6) is -0.0537. The van der Waals surface area contributed by atoms with Crippen molar-refractivity contribution in [3.8, 4) is 0 Å². The number of benzene rings is 1. The summed E-state index contributed by atoms with van der Waals surface area (Å²) in [4.78, 5) is 11.1. The first-order valence-electron chi connectivity index (χ1n) is 5.89. The van der Waals surface area contributed by atoms with E-state index in [0.29, 0.717) is 0 Å². The number of halogens is 1. The Kier molecular flexibility index (Phi) is 4.61. The number of thiophene rings is 1. The molecule has 1 aromatic heterocycles. The van der Waals surface area contributed by atoms with Crippen LogP contribution in [0, 0.1) is 6.92 Å². The third-order valence-corrected chi connectivity index (χ3v) is 4.22. The lowest BCUT2D eigenvalue weighted by molar-refractivity contribution is -0.114. The van der Waals surface area contributed by atoms with Gasteiger partial charge in [0.1, 0.15) is 0 Å². The lowest BCUT2D eigenvalue weighted by Gasteiger charge is -2.10. The van der Waals surface area contributed by atoms with Crippen LogP contribution in [0.4, 0.5) is 11.4 Å². The van der Waals surface area contributed by atoms with Gasteiger partial charge in [-0.25, -0.2) is 0 Å². The first-order valence-corrected chi connectivity index (χ1v) is 7.57. The molecule has 1 aromatic carbocycles. The van der Waals surface area contributed by atoms with Gasteiger partial charge in [0.2, 0.25) is 5.91 Å². The van der Waals surface area contributed by atoms with Gasteiger partial charge < -0.3 is 10.6 Å². The predicted octanol–water partition coefficient (Wildman–Crippen LogP) is 4.39. The zero-order chi connectivity index (χ0) is 13.8. The smallest absolute Gasteiger partial charge is 0.221 e. The molecule has 2 aromatic rings. The Morgan fingerprint density at radius 3 is 2.79 bits per heavy atom. The number of rotatable bonds is 4. The largest absolute Gasteiger partial charge is 0.381 e. The zero-order valence-corrected chi connectivity index (χ0v) is 13.2. The standard InChI is InChI=1S/C14H15BrN2OS/c1-9-3-4-12(6-13(9)17-10(2)18)16-7-11-5-14(15)19-8-11/h3-6,8,16H,7H2,1-2H3,(H,17,18). The molecule has 0 saturated carbocycles. The van der Waals surface area contributed by atoms with E-state index in [1.165, 1.54) is 12.5 Å². The maximum absolute atomic E-state index is 11.1. The summed E-state index contributed by atoms with van der Waals surface area (Å²) < 4.78 is 1.13. The fraction of sp³-hybridized carbons (Fsp3) is 0.214. The van der Waals surface area contributed by atoms with Crippen molar-refractivity contribution >= 4 is 44.5 Å². The Bertz CT molecular complexity index is 595. The number of carbonyl (C=O) groups excluding carboxylic acids is 1. The van der Waals surface area contributed by atoms with E-state index in [-0.39, 0.29) is 5.91 Å². The summed E-state index contributed by atoms with van der Waals surface area (Å²) in [6.07, 6.45) is 0. The van der Waals surface area contributed by atoms with Crippen molar-refractivity contribution in [2.45, 2.75) is 20.4 Å². The molecule has 1 heterocycles. The van der Waals surface area contributed by atoms with Crippen LogP contribution in [0.5, 0.6) is 0 Å². The minimum absolute atomic E-state index is 0.0537. The van der Waals surface area contributed by atoms with E-state index in [2.05, 4.69) is 38.0 Å². The van der Waals surface area contributed by atoms with E-state index in [1.807, 2.05) is 25.1 Å². The average Bonchev–Trinajstić information content (AvgIpc) is 2.75. The van der Waals surface area contributed by atoms with E-state index in [9.17, 15) is 4.79 Å². The minimum atomic E-state index is -0.0537. The van der Waals surface area contributed by atoms with E-state index in [4.69, 9.17) is 0 Å². The van der Waals surface area contributed by atoms with E-state index >= 15 is 0 Å². The van der Waals surface area contributed by atoms with Crippen LogP contribution in [0.15, 0.2) is 33.4 Å². The van der Waals surface area contributed by atoms with Gasteiger partial charge in [-0.2, -0.15) is 0 Å². The van der Waals surface area contributed by atoms with Crippen LogP contribution in [0.25, 0.3) is 0 Å². The maximum atomic E-state index is 11.1. The van der Waals surface area contributed by atoms with E-state index < -0.39 is 0 Å². The lowest BCUT2D eigenvalue weighted by atomic mass is 10.1. The van der Waals surface area contributed by atoms with Crippen molar-refractivity contribution in [3.05, 3.63) is 44.6 Å². The Labute approximate surface area is 125 Å². The van der Waals surface area contributed by atoms with Gasteiger partial charge in [-0.05, 0) is 57.6 Å². The number of amides is 1.